The maximum absolute atomic E-state index is 6.18. The average Bonchev–Trinajstić information content (AvgIpc) is 2.92. The number of halogens is 1. The van der Waals surface area contributed by atoms with Gasteiger partial charge in [0, 0.05) is 31.4 Å². The number of nitrogens with two attached hydrogens (primary N) is 1. The third-order valence-corrected chi connectivity index (χ3v) is 4.60. The first kappa shape index (κ1) is 13.8. The van der Waals surface area contributed by atoms with Crippen LogP contribution >= 0.6 is 12.4 Å². The lowest BCUT2D eigenvalue weighted by molar-refractivity contribution is 0.235. The fourth-order valence-corrected chi connectivity index (χ4v) is 3.47. The van der Waals surface area contributed by atoms with Crippen molar-refractivity contribution in [3.63, 3.8) is 0 Å². The quantitative estimate of drug-likeness (QED) is 0.894. The molecule has 2 fully saturated rings. The van der Waals surface area contributed by atoms with Gasteiger partial charge in [-0.1, -0.05) is 6.07 Å². The zero-order valence-electron chi connectivity index (χ0n) is 10.8. The molecule has 4 atom stereocenters. The molecular weight excluding hydrogens is 246 g/mol. The summed E-state index contributed by atoms with van der Waals surface area (Å²) in [6, 6.07) is 7.03. The molecule has 3 rings (SSSR count). The van der Waals surface area contributed by atoms with Crippen molar-refractivity contribution in [3.8, 4) is 0 Å². The molecule has 3 nitrogen and oxygen atoms in total. The Hall–Kier alpha value is -0.640. The van der Waals surface area contributed by atoms with Crippen LogP contribution in [0.2, 0.25) is 0 Å². The van der Waals surface area contributed by atoms with Gasteiger partial charge in [-0.2, -0.15) is 0 Å². The minimum absolute atomic E-state index is 0. The summed E-state index contributed by atoms with van der Waals surface area (Å²) in [5, 5.41) is 0. The molecular formula is C14H22ClN3. The Balaban J connectivity index is 0.00000120. The Kier molecular flexibility index (Phi) is 4.25. The molecule has 2 heterocycles. The van der Waals surface area contributed by atoms with E-state index < -0.39 is 0 Å². The molecule has 1 saturated carbocycles. The second-order valence-corrected chi connectivity index (χ2v) is 5.55. The van der Waals surface area contributed by atoms with Crippen LogP contribution in [0.4, 0.5) is 0 Å². The standard InChI is InChI=1S/C14H21N3.ClH/c1-10(14-4-2-3-7-16-14)17-8-11-5-6-13(15)12(11)9-17;/h2-4,7,10-13H,5-6,8-9,15H2,1H3;1H. The van der Waals surface area contributed by atoms with Crippen LogP contribution in [-0.2, 0) is 0 Å². The van der Waals surface area contributed by atoms with Gasteiger partial charge in [-0.15, -0.1) is 12.4 Å². The number of fused-ring (bicyclic) bond motifs is 1. The molecule has 0 bridgehead atoms. The molecule has 100 valence electrons. The van der Waals surface area contributed by atoms with Crippen molar-refractivity contribution in [1.82, 2.24) is 9.88 Å². The van der Waals surface area contributed by atoms with Gasteiger partial charge in [-0.05, 0) is 43.7 Å². The van der Waals surface area contributed by atoms with E-state index in [0.717, 1.165) is 18.4 Å². The average molecular weight is 268 g/mol. The first-order valence-corrected chi connectivity index (χ1v) is 6.66. The smallest absolute Gasteiger partial charge is 0.0572 e. The summed E-state index contributed by atoms with van der Waals surface area (Å²) in [4.78, 5) is 7.02. The molecule has 4 unspecified atom stereocenters. The van der Waals surface area contributed by atoms with Crippen LogP contribution in [0.3, 0.4) is 0 Å². The lowest BCUT2D eigenvalue weighted by Gasteiger charge is -2.25. The van der Waals surface area contributed by atoms with Crippen LogP contribution in [0.25, 0.3) is 0 Å². The van der Waals surface area contributed by atoms with Gasteiger partial charge in [-0.3, -0.25) is 9.88 Å². The molecule has 0 radical (unpaired) electrons. The molecule has 1 aliphatic carbocycles. The Morgan fingerprint density at radius 3 is 2.83 bits per heavy atom. The molecule has 4 heteroatoms. The fourth-order valence-electron chi connectivity index (χ4n) is 3.47. The summed E-state index contributed by atoms with van der Waals surface area (Å²) in [6.45, 7) is 4.62. The van der Waals surface area contributed by atoms with Gasteiger partial charge in [0.1, 0.15) is 0 Å². The molecule has 1 aromatic heterocycles. The molecule has 1 saturated heterocycles. The molecule has 0 amide bonds. The summed E-state index contributed by atoms with van der Waals surface area (Å²) < 4.78 is 0. The van der Waals surface area contributed by atoms with Crippen LogP contribution in [0, 0.1) is 11.8 Å². The van der Waals surface area contributed by atoms with Gasteiger partial charge in [0.05, 0.1) is 5.69 Å². The van der Waals surface area contributed by atoms with E-state index in [1.807, 2.05) is 12.3 Å². The third-order valence-electron chi connectivity index (χ3n) is 4.60. The highest BCUT2D eigenvalue weighted by Crippen LogP contribution is 2.39. The Morgan fingerprint density at radius 2 is 2.17 bits per heavy atom. The van der Waals surface area contributed by atoms with Gasteiger partial charge in [0.25, 0.3) is 0 Å². The first-order chi connectivity index (χ1) is 8.25. The Bertz CT molecular complexity index is 384. The van der Waals surface area contributed by atoms with Gasteiger partial charge in [-0.25, -0.2) is 0 Å². The highest BCUT2D eigenvalue weighted by Gasteiger charge is 2.42. The number of likely N-dealkylation sites (tertiary alicyclic amines) is 1. The maximum atomic E-state index is 6.18. The molecule has 0 aromatic carbocycles. The van der Waals surface area contributed by atoms with Crippen LogP contribution in [0.5, 0.6) is 0 Å². The summed E-state index contributed by atoms with van der Waals surface area (Å²) in [6.07, 6.45) is 4.42. The molecule has 18 heavy (non-hydrogen) atoms. The van der Waals surface area contributed by atoms with Crippen molar-refractivity contribution in [1.29, 1.82) is 0 Å². The molecule has 2 aliphatic rings. The summed E-state index contributed by atoms with van der Waals surface area (Å²) >= 11 is 0. The zero-order chi connectivity index (χ0) is 11.8. The van der Waals surface area contributed by atoms with Crippen molar-refractivity contribution < 1.29 is 0 Å². The predicted molar refractivity (Wildman–Crippen MR) is 75.7 cm³/mol. The Labute approximate surface area is 115 Å². The van der Waals surface area contributed by atoms with Gasteiger partial charge < -0.3 is 5.73 Å². The molecule has 1 aromatic rings. The third kappa shape index (κ3) is 2.40. The second-order valence-electron chi connectivity index (χ2n) is 5.55. The van der Waals surface area contributed by atoms with E-state index in [9.17, 15) is 0 Å². The fraction of sp³-hybridized carbons (Fsp3) is 0.643. The highest BCUT2D eigenvalue weighted by atomic mass is 35.5. The largest absolute Gasteiger partial charge is 0.327 e. The van der Waals surface area contributed by atoms with Crippen LogP contribution in [0.1, 0.15) is 31.5 Å². The summed E-state index contributed by atoms with van der Waals surface area (Å²) in [5.74, 6) is 1.55. The normalized spacial score (nSPS) is 32.9. The summed E-state index contributed by atoms with van der Waals surface area (Å²) in [5.41, 5.74) is 7.36. The molecule has 2 N–H and O–H groups in total. The van der Waals surface area contributed by atoms with Gasteiger partial charge in [0.2, 0.25) is 0 Å². The number of pyridine rings is 1. The second kappa shape index (κ2) is 5.55. The van der Waals surface area contributed by atoms with E-state index in [4.69, 9.17) is 5.73 Å². The van der Waals surface area contributed by atoms with Gasteiger partial charge in [0.15, 0.2) is 0 Å². The number of hydrogen-bond donors (Lipinski definition) is 1. The van der Waals surface area contributed by atoms with E-state index in [-0.39, 0.29) is 12.4 Å². The number of hydrogen-bond acceptors (Lipinski definition) is 3. The first-order valence-electron chi connectivity index (χ1n) is 6.66. The predicted octanol–water partition coefficient (Wildman–Crippen LogP) is 2.23. The molecule has 1 aliphatic heterocycles. The van der Waals surface area contributed by atoms with Crippen molar-refractivity contribution in [3.05, 3.63) is 30.1 Å². The van der Waals surface area contributed by atoms with E-state index in [0.29, 0.717) is 12.1 Å². The maximum Gasteiger partial charge on any atom is 0.0572 e. The van der Waals surface area contributed by atoms with Crippen LogP contribution in [0.15, 0.2) is 24.4 Å². The zero-order valence-corrected chi connectivity index (χ0v) is 11.6. The SMILES string of the molecule is CC(c1ccccn1)N1CC2CCC(N)C2C1.Cl. The van der Waals surface area contributed by atoms with Gasteiger partial charge >= 0.3 is 0 Å². The van der Waals surface area contributed by atoms with Crippen molar-refractivity contribution >= 4 is 12.4 Å². The van der Waals surface area contributed by atoms with Crippen molar-refractivity contribution in [2.75, 3.05) is 13.1 Å². The van der Waals surface area contributed by atoms with E-state index in [1.165, 1.54) is 25.1 Å². The van der Waals surface area contributed by atoms with E-state index in [1.54, 1.807) is 0 Å². The number of nitrogens with zero attached hydrogens (tertiary/aromatic N) is 2. The number of rotatable bonds is 2. The monoisotopic (exact) mass is 267 g/mol. The van der Waals surface area contributed by atoms with E-state index in [2.05, 4.69) is 28.9 Å². The minimum atomic E-state index is 0. The van der Waals surface area contributed by atoms with Crippen LogP contribution < -0.4 is 5.73 Å². The van der Waals surface area contributed by atoms with Crippen LogP contribution in [-0.4, -0.2) is 29.0 Å². The topological polar surface area (TPSA) is 42.2 Å². The highest BCUT2D eigenvalue weighted by molar-refractivity contribution is 5.85. The lowest BCUT2D eigenvalue weighted by Crippen LogP contribution is -2.31. The van der Waals surface area contributed by atoms with Crippen molar-refractivity contribution in [2.45, 2.75) is 31.8 Å². The van der Waals surface area contributed by atoms with Crippen molar-refractivity contribution in [2.24, 2.45) is 17.6 Å². The number of aromatic nitrogens is 1. The summed E-state index contributed by atoms with van der Waals surface area (Å²) in [7, 11) is 0. The van der Waals surface area contributed by atoms with E-state index >= 15 is 0 Å². The minimum Gasteiger partial charge on any atom is -0.327 e. The lowest BCUT2D eigenvalue weighted by atomic mass is 9.98. The molecule has 0 spiro atoms. The Morgan fingerprint density at radius 1 is 1.33 bits per heavy atom.